The molecule has 1 aromatic carbocycles. The van der Waals surface area contributed by atoms with Crippen LogP contribution in [-0.2, 0) is 5.41 Å². The van der Waals surface area contributed by atoms with Crippen LogP contribution in [0, 0.1) is 19.1 Å². The lowest BCUT2D eigenvalue weighted by molar-refractivity contribution is -0.605. The molecule has 100 valence electrons. The number of benzene rings is 1. The maximum atomic E-state index is 11.1. The van der Waals surface area contributed by atoms with Gasteiger partial charge in [0.1, 0.15) is 0 Å². The van der Waals surface area contributed by atoms with Crippen LogP contribution in [0.1, 0.15) is 37.5 Å². The van der Waals surface area contributed by atoms with Gasteiger partial charge in [0.05, 0.1) is 0 Å². The number of rotatable bonds is 1. The Hall–Kier alpha value is -1.83. The molecule has 0 fully saturated rings. The minimum Gasteiger partial charge on any atom is -0.619 e. The van der Waals surface area contributed by atoms with Crippen LogP contribution in [0.4, 0.5) is 0 Å². The highest BCUT2D eigenvalue weighted by molar-refractivity contribution is 5.70. The van der Waals surface area contributed by atoms with E-state index in [1.165, 1.54) is 22.3 Å². The molecule has 0 saturated carbocycles. The highest BCUT2D eigenvalue weighted by Crippen LogP contribution is 2.32. The zero-order chi connectivity index (χ0) is 14.2. The van der Waals surface area contributed by atoms with E-state index in [0.717, 1.165) is 10.3 Å². The second-order valence-electron chi connectivity index (χ2n) is 6.18. The highest BCUT2D eigenvalue weighted by atomic mass is 16.5. The smallest absolute Gasteiger partial charge is 0.180 e. The third kappa shape index (κ3) is 2.78. The molecule has 0 saturated heterocycles. The minimum atomic E-state index is 0.156. The predicted octanol–water partition coefficient (Wildman–Crippen LogP) is 3.90. The molecular weight excluding hydrogens is 234 g/mol. The lowest BCUT2D eigenvalue weighted by Crippen LogP contribution is -2.23. The summed E-state index contributed by atoms with van der Waals surface area (Å²) < 4.78 is 0.817. The van der Waals surface area contributed by atoms with E-state index in [9.17, 15) is 5.21 Å². The van der Waals surface area contributed by atoms with Gasteiger partial charge >= 0.3 is 0 Å². The maximum Gasteiger partial charge on any atom is 0.180 e. The third-order valence-corrected chi connectivity index (χ3v) is 3.49. The molecule has 0 atom stereocenters. The van der Waals surface area contributed by atoms with Crippen LogP contribution in [0.2, 0.25) is 0 Å². The summed E-state index contributed by atoms with van der Waals surface area (Å²) in [5.74, 6) is 0. The van der Waals surface area contributed by atoms with Crippen LogP contribution in [-0.4, -0.2) is 0 Å². The first kappa shape index (κ1) is 13.6. The van der Waals surface area contributed by atoms with E-state index in [2.05, 4.69) is 46.8 Å². The second kappa shape index (κ2) is 4.69. The predicted molar refractivity (Wildman–Crippen MR) is 79.0 cm³/mol. The van der Waals surface area contributed by atoms with Crippen LogP contribution in [0.25, 0.3) is 11.1 Å². The molecule has 0 aliphatic carbocycles. The molecule has 0 aliphatic rings. The van der Waals surface area contributed by atoms with Crippen molar-refractivity contribution in [3.05, 3.63) is 58.6 Å². The molecule has 0 spiro atoms. The van der Waals surface area contributed by atoms with Gasteiger partial charge in [-0.2, -0.15) is 4.73 Å². The molecule has 2 rings (SSSR count). The number of hydrogen-bond donors (Lipinski definition) is 0. The Morgan fingerprint density at radius 1 is 0.947 bits per heavy atom. The fourth-order valence-electron chi connectivity index (χ4n) is 2.43. The standard InChI is InChI=1S/C17H21NO/c1-12-10-15(17(3,4)5)11-13(2)16(12)14-6-8-18(19)9-7-14/h6-11H,1-5H3. The van der Waals surface area contributed by atoms with Gasteiger partial charge in [-0.1, -0.05) is 32.9 Å². The summed E-state index contributed by atoms with van der Waals surface area (Å²) in [6.07, 6.45) is 3.10. The van der Waals surface area contributed by atoms with Crippen LogP contribution >= 0.6 is 0 Å². The minimum absolute atomic E-state index is 0.156. The van der Waals surface area contributed by atoms with Gasteiger partial charge in [-0.05, 0) is 47.1 Å². The third-order valence-electron chi connectivity index (χ3n) is 3.49. The van der Waals surface area contributed by atoms with E-state index in [4.69, 9.17) is 0 Å². The zero-order valence-corrected chi connectivity index (χ0v) is 12.3. The van der Waals surface area contributed by atoms with Gasteiger partial charge in [-0.15, -0.1) is 0 Å². The average molecular weight is 255 g/mol. The summed E-state index contributed by atoms with van der Waals surface area (Å²) in [5, 5.41) is 11.1. The van der Waals surface area contributed by atoms with Crippen molar-refractivity contribution in [2.75, 3.05) is 0 Å². The Balaban J connectivity index is 2.57. The van der Waals surface area contributed by atoms with E-state index in [0.29, 0.717) is 0 Å². The van der Waals surface area contributed by atoms with E-state index in [-0.39, 0.29) is 5.41 Å². The van der Waals surface area contributed by atoms with Gasteiger partial charge in [0.2, 0.25) is 0 Å². The second-order valence-corrected chi connectivity index (χ2v) is 6.18. The highest BCUT2D eigenvalue weighted by Gasteiger charge is 2.17. The van der Waals surface area contributed by atoms with Gasteiger partial charge < -0.3 is 5.21 Å². The fourth-order valence-corrected chi connectivity index (χ4v) is 2.43. The Labute approximate surface area is 115 Å². The monoisotopic (exact) mass is 255 g/mol. The number of hydrogen-bond acceptors (Lipinski definition) is 1. The zero-order valence-electron chi connectivity index (χ0n) is 12.3. The molecule has 1 heterocycles. The Morgan fingerprint density at radius 2 is 1.42 bits per heavy atom. The van der Waals surface area contributed by atoms with Crippen molar-refractivity contribution in [1.29, 1.82) is 0 Å². The number of pyridine rings is 1. The summed E-state index contributed by atoms with van der Waals surface area (Å²) in [4.78, 5) is 0. The SMILES string of the molecule is Cc1cc(C(C)(C)C)cc(C)c1-c1cc[n+]([O-])cc1. The summed E-state index contributed by atoms with van der Waals surface area (Å²) in [5.41, 5.74) is 6.35. The first-order valence-corrected chi connectivity index (χ1v) is 6.60. The molecule has 2 heteroatoms. The van der Waals surface area contributed by atoms with E-state index in [1.54, 1.807) is 12.4 Å². The summed E-state index contributed by atoms with van der Waals surface area (Å²) >= 11 is 0. The van der Waals surface area contributed by atoms with Crippen LogP contribution in [0.3, 0.4) is 0 Å². The Bertz CT molecular complexity index is 569. The van der Waals surface area contributed by atoms with E-state index in [1.807, 2.05) is 12.1 Å². The van der Waals surface area contributed by atoms with Crippen molar-refractivity contribution in [3.63, 3.8) is 0 Å². The first-order chi connectivity index (χ1) is 8.79. The van der Waals surface area contributed by atoms with Crippen molar-refractivity contribution in [2.45, 2.75) is 40.0 Å². The Kier molecular flexibility index (Phi) is 3.36. The molecule has 0 aliphatic heterocycles. The molecular formula is C17H21NO. The number of aryl methyl sites for hydroxylation is 2. The Morgan fingerprint density at radius 3 is 1.84 bits per heavy atom. The van der Waals surface area contributed by atoms with Gasteiger partial charge in [0.25, 0.3) is 0 Å². The molecule has 0 radical (unpaired) electrons. The normalized spacial score (nSPS) is 11.6. The molecule has 0 bridgehead atoms. The van der Waals surface area contributed by atoms with Crippen molar-refractivity contribution in [1.82, 2.24) is 0 Å². The average Bonchev–Trinajstić information content (AvgIpc) is 2.29. The lowest BCUT2D eigenvalue weighted by atomic mass is 9.83. The topological polar surface area (TPSA) is 26.9 Å². The van der Waals surface area contributed by atoms with Gasteiger partial charge in [-0.25, -0.2) is 0 Å². The quantitative estimate of drug-likeness (QED) is 0.561. The van der Waals surface area contributed by atoms with Crippen molar-refractivity contribution < 1.29 is 4.73 Å². The van der Waals surface area contributed by atoms with Gasteiger partial charge in [0.15, 0.2) is 12.4 Å². The van der Waals surface area contributed by atoms with Crippen LogP contribution < -0.4 is 4.73 Å². The molecule has 2 nitrogen and oxygen atoms in total. The molecule has 19 heavy (non-hydrogen) atoms. The van der Waals surface area contributed by atoms with Crippen LogP contribution in [0.15, 0.2) is 36.7 Å². The van der Waals surface area contributed by atoms with E-state index < -0.39 is 0 Å². The lowest BCUT2D eigenvalue weighted by Gasteiger charge is -2.22. The molecule has 0 amide bonds. The maximum absolute atomic E-state index is 11.1. The molecule has 2 aromatic rings. The summed E-state index contributed by atoms with van der Waals surface area (Å²) in [7, 11) is 0. The fraction of sp³-hybridized carbons (Fsp3) is 0.353. The van der Waals surface area contributed by atoms with Gasteiger partial charge in [-0.3, -0.25) is 0 Å². The van der Waals surface area contributed by atoms with Crippen molar-refractivity contribution in [2.24, 2.45) is 0 Å². The number of nitrogens with zero attached hydrogens (tertiary/aromatic N) is 1. The van der Waals surface area contributed by atoms with Crippen molar-refractivity contribution >= 4 is 0 Å². The van der Waals surface area contributed by atoms with Gasteiger partial charge in [0, 0.05) is 12.1 Å². The molecule has 0 unspecified atom stereocenters. The van der Waals surface area contributed by atoms with E-state index >= 15 is 0 Å². The molecule has 1 aromatic heterocycles. The van der Waals surface area contributed by atoms with Crippen molar-refractivity contribution in [3.8, 4) is 11.1 Å². The summed E-state index contributed by atoms with van der Waals surface area (Å²) in [6, 6.07) is 8.25. The first-order valence-electron chi connectivity index (χ1n) is 6.60. The molecule has 0 N–H and O–H groups in total. The summed E-state index contributed by atoms with van der Waals surface area (Å²) in [6.45, 7) is 10.9. The van der Waals surface area contributed by atoms with Crippen LogP contribution in [0.5, 0.6) is 0 Å². The number of aromatic nitrogens is 1. The largest absolute Gasteiger partial charge is 0.619 e.